The molecule has 0 aliphatic rings. The van der Waals surface area contributed by atoms with Gasteiger partial charge in [0.15, 0.2) is 0 Å². The fourth-order valence-corrected chi connectivity index (χ4v) is 6.71. The molecule has 5 heteroatoms. The molecule has 0 N–H and O–H groups in total. The van der Waals surface area contributed by atoms with Gasteiger partial charge in [0, 0.05) is 6.42 Å². The summed E-state index contributed by atoms with van der Waals surface area (Å²) in [6.07, 6.45) is 17.5. The first-order valence-electron chi connectivity index (χ1n) is 14.3. The SMILES string of the molecule is CCCCCCCCCCCCCCCC(=O)OC[C@H](OCc1ccccc1)C(SCC)SCC. The van der Waals surface area contributed by atoms with Crippen LogP contribution in [0.25, 0.3) is 0 Å². The summed E-state index contributed by atoms with van der Waals surface area (Å²) in [5, 5.41) is 0. The molecule has 0 saturated carbocycles. The number of rotatable bonds is 24. The fourth-order valence-electron chi connectivity index (χ4n) is 4.11. The monoisotopic (exact) mass is 524 g/mol. The van der Waals surface area contributed by atoms with Crippen LogP contribution in [0.15, 0.2) is 30.3 Å². The van der Waals surface area contributed by atoms with Crippen LogP contribution in [-0.2, 0) is 20.9 Å². The third-order valence-corrected chi connectivity index (χ3v) is 8.91. The van der Waals surface area contributed by atoms with Gasteiger partial charge in [0.2, 0.25) is 0 Å². The van der Waals surface area contributed by atoms with E-state index >= 15 is 0 Å². The van der Waals surface area contributed by atoms with Gasteiger partial charge in [0.25, 0.3) is 0 Å². The third kappa shape index (κ3) is 18.3. The smallest absolute Gasteiger partial charge is 0.305 e. The molecule has 1 aromatic rings. The van der Waals surface area contributed by atoms with E-state index in [0.29, 0.717) is 19.6 Å². The minimum atomic E-state index is -0.0966. The third-order valence-electron chi connectivity index (χ3n) is 6.17. The molecule has 0 spiro atoms. The average molecular weight is 525 g/mol. The Kier molecular flexibility index (Phi) is 22.0. The van der Waals surface area contributed by atoms with Crippen LogP contribution in [0, 0.1) is 0 Å². The second-order valence-corrected chi connectivity index (χ2v) is 12.4. The maximum atomic E-state index is 12.4. The molecule has 0 saturated heterocycles. The number of thioether (sulfide) groups is 2. The average Bonchev–Trinajstić information content (AvgIpc) is 2.87. The van der Waals surface area contributed by atoms with E-state index in [0.717, 1.165) is 29.9 Å². The normalized spacial score (nSPS) is 12.2. The van der Waals surface area contributed by atoms with E-state index in [-0.39, 0.29) is 16.7 Å². The van der Waals surface area contributed by atoms with E-state index in [1.54, 1.807) is 0 Å². The van der Waals surface area contributed by atoms with E-state index in [1.807, 2.05) is 41.7 Å². The van der Waals surface area contributed by atoms with Gasteiger partial charge in [-0.25, -0.2) is 0 Å². The fraction of sp³-hybridized carbons (Fsp3) is 0.767. The Hall–Kier alpha value is -0.650. The van der Waals surface area contributed by atoms with Crippen LogP contribution in [0.4, 0.5) is 0 Å². The lowest BCUT2D eigenvalue weighted by Crippen LogP contribution is -2.31. The summed E-state index contributed by atoms with van der Waals surface area (Å²) in [6, 6.07) is 10.2. The minimum Gasteiger partial charge on any atom is -0.463 e. The van der Waals surface area contributed by atoms with Crippen molar-refractivity contribution in [2.75, 3.05) is 18.1 Å². The molecular weight excluding hydrogens is 472 g/mol. The second kappa shape index (κ2) is 23.7. The van der Waals surface area contributed by atoms with Gasteiger partial charge in [0.05, 0.1) is 11.2 Å². The number of ether oxygens (including phenoxy) is 2. The van der Waals surface area contributed by atoms with Crippen molar-refractivity contribution in [2.24, 2.45) is 0 Å². The van der Waals surface area contributed by atoms with E-state index in [2.05, 4.69) is 32.9 Å². The highest BCUT2D eigenvalue weighted by molar-refractivity contribution is 8.17. The van der Waals surface area contributed by atoms with Crippen LogP contribution in [0.1, 0.15) is 116 Å². The Labute approximate surface area is 225 Å². The highest BCUT2D eigenvalue weighted by Gasteiger charge is 2.24. The molecule has 1 rings (SSSR count). The molecule has 35 heavy (non-hydrogen) atoms. The van der Waals surface area contributed by atoms with Crippen molar-refractivity contribution in [3.63, 3.8) is 0 Å². The van der Waals surface area contributed by atoms with Crippen LogP contribution in [-0.4, -0.2) is 34.8 Å². The molecule has 1 aromatic carbocycles. The van der Waals surface area contributed by atoms with Gasteiger partial charge in [0.1, 0.15) is 12.7 Å². The Morgan fingerprint density at radius 2 is 1.26 bits per heavy atom. The van der Waals surface area contributed by atoms with Crippen LogP contribution >= 0.6 is 23.5 Å². The van der Waals surface area contributed by atoms with Gasteiger partial charge in [-0.15, -0.1) is 23.5 Å². The van der Waals surface area contributed by atoms with Gasteiger partial charge in [-0.05, 0) is 23.5 Å². The van der Waals surface area contributed by atoms with Gasteiger partial charge in [-0.2, -0.15) is 0 Å². The lowest BCUT2D eigenvalue weighted by atomic mass is 10.0. The van der Waals surface area contributed by atoms with E-state index < -0.39 is 0 Å². The van der Waals surface area contributed by atoms with Crippen molar-refractivity contribution in [1.29, 1.82) is 0 Å². The molecule has 0 amide bonds. The lowest BCUT2D eigenvalue weighted by molar-refractivity contribution is -0.148. The van der Waals surface area contributed by atoms with Crippen LogP contribution in [0.5, 0.6) is 0 Å². The van der Waals surface area contributed by atoms with Crippen molar-refractivity contribution >= 4 is 29.5 Å². The molecule has 1 atom stereocenters. The first-order valence-corrected chi connectivity index (χ1v) is 16.3. The Balaban J connectivity index is 2.18. The summed E-state index contributed by atoms with van der Waals surface area (Å²) in [4.78, 5) is 12.4. The number of esters is 1. The molecule has 0 unspecified atom stereocenters. The number of benzene rings is 1. The summed E-state index contributed by atoms with van der Waals surface area (Å²) < 4.78 is 12.2. The predicted octanol–water partition coefficient (Wildman–Crippen LogP) is 9.43. The van der Waals surface area contributed by atoms with Crippen LogP contribution in [0.2, 0.25) is 0 Å². The number of unbranched alkanes of at least 4 members (excludes halogenated alkanes) is 12. The molecule has 0 radical (unpaired) electrons. The number of hydrogen-bond acceptors (Lipinski definition) is 5. The number of carbonyl (C=O) groups excluding carboxylic acids is 1. The largest absolute Gasteiger partial charge is 0.463 e. The highest BCUT2D eigenvalue weighted by Crippen LogP contribution is 2.29. The summed E-state index contributed by atoms with van der Waals surface area (Å²) in [6.45, 7) is 7.50. The second-order valence-electron chi connectivity index (χ2n) is 9.29. The molecule has 0 aromatic heterocycles. The molecule has 0 bridgehead atoms. The Morgan fingerprint density at radius 1 is 0.743 bits per heavy atom. The van der Waals surface area contributed by atoms with Gasteiger partial charge >= 0.3 is 5.97 Å². The first-order chi connectivity index (χ1) is 17.2. The van der Waals surface area contributed by atoms with Crippen molar-refractivity contribution in [1.82, 2.24) is 0 Å². The van der Waals surface area contributed by atoms with Crippen molar-refractivity contribution in [3.05, 3.63) is 35.9 Å². The summed E-state index contributed by atoms with van der Waals surface area (Å²) in [7, 11) is 0. The molecule has 0 heterocycles. The molecule has 3 nitrogen and oxygen atoms in total. The first kappa shape index (κ1) is 32.4. The maximum Gasteiger partial charge on any atom is 0.305 e. The van der Waals surface area contributed by atoms with Gasteiger partial charge in [-0.1, -0.05) is 128 Å². The molecule has 202 valence electrons. The maximum absolute atomic E-state index is 12.4. The number of hydrogen-bond donors (Lipinski definition) is 0. The minimum absolute atomic E-state index is 0.0804. The quantitative estimate of drug-likeness (QED) is 0.0764. The summed E-state index contributed by atoms with van der Waals surface area (Å²) in [5.41, 5.74) is 1.15. The van der Waals surface area contributed by atoms with Crippen LogP contribution < -0.4 is 0 Å². The zero-order chi connectivity index (χ0) is 25.4. The van der Waals surface area contributed by atoms with Crippen LogP contribution in [0.3, 0.4) is 0 Å². The number of carbonyl (C=O) groups is 1. The molecule has 0 fully saturated rings. The van der Waals surface area contributed by atoms with Gasteiger partial charge in [-0.3, -0.25) is 4.79 Å². The van der Waals surface area contributed by atoms with Gasteiger partial charge < -0.3 is 9.47 Å². The standard InChI is InChI=1S/C30H52O3S2/c1-4-7-8-9-10-11-12-13-14-15-16-17-21-24-29(31)33-26-28(30(34-5-2)35-6-3)32-25-27-22-19-18-20-23-27/h18-20,22-23,28,30H,4-17,21,24-26H2,1-3H3/t28-/m0/s1. The Bertz CT molecular complexity index is 591. The summed E-state index contributed by atoms with van der Waals surface area (Å²) in [5.74, 6) is 1.97. The topological polar surface area (TPSA) is 35.5 Å². The van der Waals surface area contributed by atoms with E-state index in [4.69, 9.17) is 9.47 Å². The highest BCUT2D eigenvalue weighted by atomic mass is 32.2. The lowest BCUT2D eigenvalue weighted by Gasteiger charge is -2.26. The van der Waals surface area contributed by atoms with Crippen molar-refractivity contribution in [3.8, 4) is 0 Å². The molecule has 0 aliphatic heterocycles. The zero-order valence-corrected chi connectivity index (χ0v) is 24.4. The molecule has 0 aliphatic carbocycles. The predicted molar refractivity (Wildman–Crippen MR) is 156 cm³/mol. The van der Waals surface area contributed by atoms with E-state index in [1.165, 1.54) is 70.6 Å². The Morgan fingerprint density at radius 3 is 1.77 bits per heavy atom. The van der Waals surface area contributed by atoms with Crippen molar-refractivity contribution < 1.29 is 14.3 Å². The zero-order valence-electron chi connectivity index (χ0n) is 22.8. The van der Waals surface area contributed by atoms with E-state index in [9.17, 15) is 4.79 Å². The van der Waals surface area contributed by atoms with Crippen molar-refractivity contribution in [2.45, 2.75) is 128 Å². The summed E-state index contributed by atoms with van der Waals surface area (Å²) >= 11 is 3.76. The molecular formula is C30H52O3S2.